The molecule has 0 aliphatic heterocycles. The number of ether oxygens (including phenoxy) is 5. The Balaban J connectivity index is 0.000000200. The first kappa shape index (κ1) is 51.3. The van der Waals surface area contributed by atoms with E-state index in [2.05, 4.69) is 36.4 Å². The number of hydrogen-bond donors (Lipinski definition) is 2. The van der Waals surface area contributed by atoms with Crippen LogP contribution in [0.25, 0.3) is 55.3 Å². The van der Waals surface area contributed by atoms with Crippen molar-refractivity contribution < 1.29 is 56.7 Å². The summed E-state index contributed by atoms with van der Waals surface area (Å²) in [5, 5.41) is 19.8. The second kappa shape index (κ2) is 23.5. The van der Waals surface area contributed by atoms with Crippen LogP contribution in [0.5, 0.6) is 28.7 Å². The fourth-order valence-corrected chi connectivity index (χ4v) is 8.21. The van der Waals surface area contributed by atoms with Gasteiger partial charge < -0.3 is 33.9 Å². The normalized spacial score (nSPS) is 11.0. The molecule has 9 rings (SSSR count). The van der Waals surface area contributed by atoms with Crippen molar-refractivity contribution >= 4 is 22.7 Å². The molecule has 0 aliphatic rings. The molecule has 2 N–H and O–H groups in total. The molecule has 0 aromatic heterocycles. The highest BCUT2D eigenvalue weighted by atomic mass is 19.4. The van der Waals surface area contributed by atoms with E-state index in [1.54, 1.807) is 44.4 Å². The SMILES string of the molecule is COc1ccc(-c2cc(COc3ccc(OCC(=O)O)c(C)c3)cc(-c3ccccc3)c2)cc1.Cc1cc(OCc2cc(-c3ccc(C(F)(F)F)cc3)cc(-c3ccc4ccccc4c3)c2)ccc1OCC(=O)O. The number of aryl methyl sites for hydroxylation is 2. The Bertz CT molecular complexity index is 3390. The first-order valence-electron chi connectivity index (χ1n) is 23.5. The fraction of sp³-hybridized carbons (Fsp3) is 0.129. The van der Waals surface area contributed by atoms with Gasteiger partial charge in [-0.3, -0.25) is 0 Å². The van der Waals surface area contributed by atoms with Gasteiger partial charge in [0.25, 0.3) is 0 Å². The number of alkyl halides is 3. The van der Waals surface area contributed by atoms with Gasteiger partial charge in [0.1, 0.15) is 42.0 Å². The number of aliphatic carboxylic acids is 2. The van der Waals surface area contributed by atoms with E-state index in [0.717, 1.165) is 89.9 Å². The Morgan fingerprint density at radius 2 is 0.838 bits per heavy atom. The lowest BCUT2D eigenvalue weighted by atomic mass is 9.94. The number of hydrogen-bond acceptors (Lipinski definition) is 7. The van der Waals surface area contributed by atoms with Gasteiger partial charge in [0.15, 0.2) is 13.2 Å². The topological polar surface area (TPSA) is 121 Å². The quantitative estimate of drug-likeness (QED) is 0.0918. The third-order valence-electron chi connectivity index (χ3n) is 12.0. The number of rotatable bonds is 17. The van der Waals surface area contributed by atoms with E-state index in [4.69, 9.17) is 33.9 Å². The van der Waals surface area contributed by atoms with E-state index in [1.807, 2.05) is 110 Å². The molecule has 9 aromatic carbocycles. The van der Waals surface area contributed by atoms with Crippen molar-refractivity contribution in [2.24, 2.45) is 0 Å². The average Bonchev–Trinajstić information content (AvgIpc) is 3.41. The van der Waals surface area contributed by atoms with Crippen molar-refractivity contribution in [3.63, 3.8) is 0 Å². The van der Waals surface area contributed by atoms with Crippen molar-refractivity contribution in [3.8, 4) is 73.3 Å². The maximum atomic E-state index is 13.1. The summed E-state index contributed by atoms with van der Waals surface area (Å²) >= 11 is 0. The minimum absolute atomic E-state index is 0.212. The number of fused-ring (bicyclic) bond motifs is 1. The number of halogens is 3. The summed E-state index contributed by atoms with van der Waals surface area (Å²) in [6, 6.07) is 60.4. The summed E-state index contributed by atoms with van der Waals surface area (Å²) < 4.78 is 67.4. The van der Waals surface area contributed by atoms with Crippen LogP contribution in [0.1, 0.15) is 27.8 Å². The summed E-state index contributed by atoms with van der Waals surface area (Å²) in [7, 11) is 1.66. The maximum absolute atomic E-state index is 13.1. The second-order valence-electron chi connectivity index (χ2n) is 17.4. The Morgan fingerprint density at radius 3 is 1.30 bits per heavy atom. The third kappa shape index (κ3) is 13.7. The van der Waals surface area contributed by atoms with Gasteiger partial charge in [0, 0.05) is 0 Å². The minimum atomic E-state index is -4.41. The van der Waals surface area contributed by atoms with Crippen LogP contribution in [0.3, 0.4) is 0 Å². The number of benzene rings is 9. The molecule has 12 heteroatoms. The number of methoxy groups -OCH3 is 1. The minimum Gasteiger partial charge on any atom is -0.497 e. The summed E-state index contributed by atoms with van der Waals surface area (Å²) in [4.78, 5) is 21.5. The lowest BCUT2D eigenvalue weighted by molar-refractivity contribution is -0.140. The van der Waals surface area contributed by atoms with Crippen LogP contribution in [-0.2, 0) is 29.0 Å². The zero-order valence-electron chi connectivity index (χ0n) is 40.7. The molecule has 0 amide bonds. The highest BCUT2D eigenvalue weighted by molar-refractivity contribution is 5.88. The van der Waals surface area contributed by atoms with Gasteiger partial charge in [0.2, 0.25) is 0 Å². The summed E-state index contributed by atoms with van der Waals surface area (Å²) in [6.45, 7) is 3.45. The summed E-state index contributed by atoms with van der Waals surface area (Å²) in [6.07, 6.45) is -4.41. The molecule has 0 fully saturated rings. The van der Waals surface area contributed by atoms with Crippen LogP contribution >= 0.6 is 0 Å². The van der Waals surface area contributed by atoms with Crippen LogP contribution in [0, 0.1) is 13.8 Å². The number of carbonyl (C=O) groups is 2. The molecule has 0 spiro atoms. The van der Waals surface area contributed by atoms with Gasteiger partial charge in [0.05, 0.1) is 12.7 Å². The molecule has 0 saturated carbocycles. The standard InChI is InChI=1S/C33H25F3O4.C29H26O5/c1-21-14-30(12-13-31(21)40-20-32(37)38)39-19-22-15-27(24-8-10-29(11-9-24)33(34,35)36)18-28(16-22)26-7-6-23-4-2-3-5-25(23)17-26;1-20-14-27(12-13-28(20)34-19-29(30)31)33-18-21-15-24(22-6-4-3-5-7-22)17-25(16-21)23-8-10-26(32-2)11-9-23/h2-18H,19-20H2,1H3,(H,37,38);3-17H,18-19H2,1-2H3,(H,30,31). The van der Waals surface area contributed by atoms with E-state index < -0.39 is 30.3 Å². The lowest BCUT2D eigenvalue weighted by Gasteiger charge is -2.14. The maximum Gasteiger partial charge on any atom is 0.416 e. The Morgan fingerprint density at radius 1 is 0.419 bits per heavy atom. The highest BCUT2D eigenvalue weighted by Crippen LogP contribution is 2.35. The van der Waals surface area contributed by atoms with Crippen LogP contribution in [-0.4, -0.2) is 42.5 Å². The van der Waals surface area contributed by atoms with Crippen molar-refractivity contribution in [1.82, 2.24) is 0 Å². The predicted molar refractivity (Wildman–Crippen MR) is 281 cm³/mol. The third-order valence-corrected chi connectivity index (χ3v) is 12.0. The van der Waals surface area contributed by atoms with E-state index in [1.165, 1.54) is 12.1 Å². The molecule has 0 aliphatic carbocycles. The molecular formula is C62H51F3O9. The smallest absolute Gasteiger partial charge is 0.416 e. The number of carboxylic acids is 2. The first-order chi connectivity index (χ1) is 35.7. The zero-order chi connectivity index (χ0) is 52.2. The molecule has 0 heterocycles. The van der Waals surface area contributed by atoms with Crippen LogP contribution in [0.2, 0.25) is 0 Å². The molecule has 74 heavy (non-hydrogen) atoms. The fourth-order valence-electron chi connectivity index (χ4n) is 8.21. The zero-order valence-corrected chi connectivity index (χ0v) is 40.7. The molecule has 9 aromatic rings. The summed E-state index contributed by atoms with van der Waals surface area (Å²) in [5.41, 5.74) is 10.5. The highest BCUT2D eigenvalue weighted by Gasteiger charge is 2.30. The first-order valence-corrected chi connectivity index (χ1v) is 23.5. The van der Waals surface area contributed by atoms with Gasteiger partial charge in [-0.2, -0.15) is 13.2 Å². The monoisotopic (exact) mass is 996 g/mol. The average molecular weight is 997 g/mol. The van der Waals surface area contributed by atoms with Crippen LogP contribution in [0.15, 0.2) is 194 Å². The molecule has 0 bridgehead atoms. The van der Waals surface area contributed by atoms with E-state index in [9.17, 15) is 22.8 Å². The van der Waals surface area contributed by atoms with Crippen molar-refractivity contribution in [3.05, 3.63) is 222 Å². The largest absolute Gasteiger partial charge is 0.497 e. The van der Waals surface area contributed by atoms with Gasteiger partial charge in [-0.25, -0.2) is 9.59 Å². The second-order valence-corrected chi connectivity index (χ2v) is 17.4. The van der Waals surface area contributed by atoms with E-state index in [0.29, 0.717) is 35.2 Å². The Kier molecular flexibility index (Phi) is 16.3. The van der Waals surface area contributed by atoms with Gasteiger partial charge >= 0.3 is 18.1 Å². The van der Waals surface area contributed by atoms with Gasteiger partial charge in [-0.1, -0.05) is 91.0 Å². The molecule has 374 valence electrons. The van der Waals surface area contributed by atoms with E-state index in [-0.39, 0.29) is 13.2 Å². The Labute approximate surface area is 426 Å². The molecule has 9 nitrogen and oxygen atoms in total. The van der Waals surface area contributed by atoms with E-state index >= 15 is 0 Å². The lowest BCUT2D eigenvalue weighted by Crippen LogP contribution is -2.10. The van der Waals surface area contributed by atoms with Gasteiger partial charge in [-0.05, 0) is 195 Å². The number of carboxylic acid groups (broad SMARTS) is 2. The van der Waals surface area contributed by atoms with Crippen LogP contribution in [0.4, 0.5) is 13.2 Å². The van der Waals surface area contributed by atoms with Crippen molar-refractivity contribution in [2.45, 2.75) is 33.2 Å². The molecule has 0 radical (unpaired) electrons. The van der Waals surface area contributed by atoms with Crippen LogP contribution < -0.4 is 23.7 Å². The Hall–Kier alpha value is -9.03. The van der Waals surface area contributed by atoms with Gasteiger partial charge in [-0.15, -0.1) is 0 Å². The molecular weight excluding hydrogens is 946 g/mol. The summed E-state index contributed by atoms with van der Waals surface area (Å²) in [5.74, 6) is 1.00. The molecule has 0 saturated heterocycles. The predicted octanol–water partition coefficient (Wildman–Crippen LogP) is 14.9. The van der Waals surface area contributed by atoms with Crippen molar-refractivity contribution in [2.75, 3.05) is 20.3 Å². The van der Waals surface area contributed by atoms with Crippen molar-refractivity contribution in [1.29, 1.82) is 0 Å². The molecule has 0 unspecified atom stereocenters. The molecule has 0 atom stereocenters.